The first-order valence-corrected chi connectivity index (χ1v) is 8.10. The maximum atomic E-state index is 11.8. The number of fused-ring (bicyclic) bond motifs is 3. The van der Waals surface area contributed by atoms with Gasteiger partial charge >= 0.3 is 12.1 Å². The zero-order chi connectivity index (χ0) is 18.7. The van der Waals surface area contributed by atoms with Crippen molar-refractivity contribution in [2.24, 2.45) is 5.73 Å². The van der Waals surface area contributed by atoms with Gasteiger partial charge in [-0.25, -0.2) is 4.79 Å². The number of carbonyl (C=O) groups excluding carboxylic acids is 2. The molecule has 7 nitrogen and oxygen atoms in total. The number of aliphatic carboxylic acids is 1. The predicted molar refractivity (Wildman–Crippen MR) is 93.4 cm³/mol. The van der Waals surface area contributed by atoms with Crippen molar-refractivity contribution in [1.29, 1.82) is 0 Å². The number of benzene rings is 2. The summed E-state index contributed by atoms with van der Waals surface area (Å²) in [4.78, 5) is 34.1. The molecule has 4 N–H and O–H groups in total. The van der Waals surface area contributed by atoms with E-state index in [1.165, 1.54) is 0 Å². The minimum Gasteiger partial charge on any atom is -0.480 e. The summed E-state index contributed by atoms with van der Waals surface area (Å²) in [5.41, 5.74) is 9.57. The second-order valence-electron chi connectivity index (χ2n) is 6.02. The van der Waals surface area contributed by atoms with Crippen molar-refractivity contribution in [3.05, 3.63) is 59.7 Å². The van der Waals surface area contributed by atoms with Gasteiger partial charge in [0.2, 0.25) is 5.91 Å². The molecule has 1 atom stereocenters. The van der Waals surface area contributed by atoms with Crippen molar-refractivity contribution in [1.82, 2.24) is 5.32 Å². The van der Waals surface area contributed by atoms with Gasteiger partial charge in [0.1, 0.15) is 12.6 Å². The molecule has 0 radical (unpaired) electrons. The van der Waals surface area contributed by atoms with Crippen LogP contribution in [0.25, 0.3) is 11.1 Å². The Hall–Kier alpha value is -3.19. The number of amides is 2. The third-order valence-corrected chi connectivity index (χ3v) is 4.31. The number of nitrogens with two attached hydrogens (primary N) is 1. The molecule has 0 aliphatic heterocycles. The molecule has 134 valence electrons. The molecule has 0 heterocycles. The van der Waals surface area contributed by atoms with E-state index in [9.17, 15) is 14.4 Å². The highest BCUT2D eigenvalue weighted by molar-refractivity contribution is 5.94. The van der Waals surface area contributed by atoms with Crippen LogP contribution in [-0.4, -0.2) is 35.7 Å². The Labute approximate surface area is 149 Å². The molecule has 0 aromatic heterocycles. The van der Waals surface area contributed by atoms with E-state index in [1.807, 2.05) is 53.8 Å². The van der Waals surface area contributed by atoms with Gasteiger partial charge in [0, 0.05) is 5.92 Å². The minimum atomic E-state index is -1.36. The number of carboxylic acid groups (broad SMARTS) is 1. The van der Waals surface area contributed by atoms with Gasteiger partial charge in [-0.15, -0.1) is 0 Å². The van der Waals surface area contributed by atoms with Gasteiger partial charge in [0.25, 0.3) is 0 Å². The lowest BCUT2D eigenvalue weighted by Crippen LogP contribution is -2.39. The zero-order valence-corrected chi connectivity index (χ0v) is 13.8. The van der Waals surface area contributed by atoms with E-state index >= 15 is 0 Å². The van der Waals surface area contributed by atoms with Gasteiger partial charge < -0.3 is 15.6 Å². The molecule has 0 saturated carbocycles. The van der Waals surface area contributed by atoms with Crippen LogP contribution >= 0.6 is 0 Å². The Balaban J connectivity index is 1.64. The van der Waals surface area contributed by atoms with E-state index in [0.29, 0.717) is 0 Å². The first kappa shape index (κ1) is 17.6. The SMILES string of the molecule is N[C@H](CC(=O)NC(=O)OCC1c2ccccc2-c2ccccc21)C(=O)O. The summed E-state index contributed by atoms with van der Waals surface area (Å²) in [6, 6.07) is 14.4. The lowest BCUT2D eigenvalue weighted by atomic mass is 9.98. The molecule has 3 rings (SSSR count). The Morgan fingerprint density at radius 1 is 1.04 bits per heavy atom. The third-order valence-electron chi connectivity index (χ3n) is 4.31. The van der Waals surface area contributed by atoms with E-state index in [0.717, 1.165) is 22.3 Å². The molecular weight excluding hydrogens is 336 g/mol. The van der Waals surface area contributed by atoms with Gasteiger partial charge in [-0.3, -0.25) is 14.9 Å². The summed E-state index contributed by atoms with van der Waals surface area (Å²) < 4.78 is 5.19. The molecular formula is C19H18N2O5. The number of carbonyl (C=O) groups is 3. The van der Waals surface area contributed by atoms with Crippen molar-refractivity contribution in [3.63, 3.8) is 0 Å². The van der Waals surface area contributed by atoms with Crippen LogP contribution in [0.15, 0.2) is 48.5 Å². The molecule has 2 aromatic carbocycles. The highest BCUT2D eigenvalue weighted by Gasteiger charge is 2.29. The summed E-state index contributed by atoms with van der Waals surface area (Å²) in [7, 11) is 0. The number of hydrogen-bond acceptors (Lipinski definition) is 5. The maximum Gasteiger partial charge on any atom is 0.413 e. The van der Waals surface area contributed by atoms with Crippen LogP contribution in [0.3, 0.4) is 0 Å². The molecule has 0 unspecified atom stereocenters. The number of rotatable bonds is 5. The summed E-state index contributed by atoms with van der Waals surface area (Å²) >= 11 is 0. The Kier molecular flexibility index (Phi) is 4.99. The lowest BCUT2D eigenvalue weighted by Gasteiger charge is -2.14. The van der Waals surface area contributed by atoms with Crippen LogP contribution in [0.4, 0.5) is 4.79 Å². The van der Waals surface area contributed by atoms with Crippen molar-refractivity contribution >= 4 is 18.0 Å². The molecule has 2 amide bonds. The minimum absolute atomic E-state index is 0.0676. The Morgan fingerprint density at radius 2 is 1.58 bits per heavy atom. The molecule has 7 heteroatoms. The average Bonchev–Trinajstić information content (AvgIpc) is 2.93. The average molecular weight is 354 g/mol. The van der Waals surface area contributed by atoms with E-state index < -0.39 is 30.4 Å². The van der Waals surface area contributed by atoms with Gasteiger partial charge in [-0.2, -0.15) is 0 Å². The molecule has 1 aliphatic rings. The maximum absolute atomic E-state index is 11.8. The number of alkyl carbamates (subject to hydrolysis) is 1. The largest absolute Gasteiger partial charge is 0.480 e. The van der Waals surface area contributed by atoms with E-state index in [1.54, 1.807) is 0 Å². The molecule has 0 spiro atoms. The Morgan fingerprint density at radius 3 is 2.12 bits per heavy atom. The fourth-order valence-corrected chi connectivity index (χ4v) is 3.09. The van der Waals surface area contributed by atoms with Crippen LogP contribution in [0.1, 0.15) is 23.5 Å². The number of nitrogens with one attached hydrogen (secondary N) is 1. The van der Waals surface area contributed by atoms with E-state index in [-0.39, 0.29) is 12.5 Å². The second kappa shape index (κ2) is 7.37. The van der Waals surface area contributed by atoms with Crippen LogP contribution in [-0.2, 0) is 14.3 Å². The Bertz CT molecular complexity index is 819. The van der Waals surface area contributed by atoms with Gasteiger partial charge in [0.05, 0.1) is 6.42 Å². The monoisotopic (exact) mass is 354 g/mol. The molecule has 0 fully saturated rings. The first-order chi connectivity index (χ1) is 12.5. The zero-order valence-electron chi connectivity index (χ0n) is 13.8. The lowest BCUT2D eigenvalue weighted by molar-refractivity contribution is -0.140. The number of carboxylic acids is 1. The fraction of sp³-hybridized carbons (Fsp3) is 0.211. The third kappa shape index (κ3) is 3.57. The summed E-state index contributed by atoms with van der Waals surface area (Å²) in [5.74, 6) is -2.23. The van der Waals surface area contributed by atoms with Gasteiger partial charge in [-0.1, -0.05) is 48.5 Å². The first-order valence-electron chi connectivity index (χ1n) is 8.10. The summed E-state index contributed by atoms with van der Waals surface area (Å²) in [6.45, 7) is 0.0676. The van der Waals surface area contributed by atoms with Crippen LogP contribution in [0, 0.1) is 0 Å². The van der Waals surface area contributed by atoms with Crippen LogP contribution in [0.5, 0.6) is 0 Å². The summed E-state index contributed by atoms with van der Waals surface area (Å²) in [5, 5.41) is 10.7. The topological polar surface area (TPSA) is 119 Å². The molecule has 1 aliphatic carbocycles. The second-order valence-corrected chi connectivity index (χ2v) is 6.02. The number of ether oxygens (including phenoxy) is 1. The quantitative estimate of drug-likeness (QED) is 0.754. The number of hydrogen-bond donors (Lipinski definition) is 3. The van der Waals surface area contributed by atoms with Crippen LogP contribution in [0.2, 0.25) is 0 Å². The van der Waals surface area contributed by atoms with Crippen molar-refractivity contribution < 1.29 is 24.2 Å². The standard InChI is InChI=1S/C19H18N2O5/c20-16(18(23)24)9-17(22)21-19(25)26-10-15-13-7-3-1-5-11(13)12-6-2-4-8-14(12)15/h1-8,15-16H,9-10,20H2,(H,23,24)(H,21,22,25)/t16-/m1/s1. The molecule has 2 aromatic rings. The van der Waals surface area contributed by atoms with Crippen molar-refractivity contribution in [2.45, 2.75) is 18.4 Å². The summed E-state index contributed by atoms with van der Waals surface area (Å²) in [6.07, 6.45) is -1.42. The van der Waals surface area contributed by atoms with Crippen molar-refractivity contribution in [2.75, 3.05) is 6.61 Å². The smallest absolute Gasteiger partial charge is 0.413 e. The molecule has 26 heavy (non-hydrogen) atoms. The fourth-order valence-electron chi connectivity index (χ4n) is 3.09. The molecule has 0 bridgehead atoms. The highest BCUT2D eigenvalue weighted by atomic mass is 16.5. The van der Waals surface area contributed by atoms with E-state index in [2.05, 4.69) is 0 Å². The van der Waals surface area contributed by atoms with Gasteiger partial charge in [0.15, 0.2) is 0 Å². The van der Waals surface area contributed by atoms with E-state index in [4.69, 9.17) is 15.6 Å². The van der Waals surface area contributed by atoms with Gasteiger partial charge in [-0.05, 0) is 22.3 Å². The van der Waals surface area contributed by atoms with Crippen LogP contribution < -0.4 is 11.1 Å². The normalized spacial score (nSPS) is 13.4. The number of imide groups is 1. The predicted octanol–water partition coefficient (Wildman–Crippen LogP) is 1.85. The van der Waals surface area contributed by atoms with Crippen molar-refractivity contribution in [3.8, 4) is 11.1 Å². The molecule has 0 saturated heterocycles. The highest BCUT2D eigenvalue weighted by Crippen LogP contribution is 2.44.